The number of rotatable bonds is 7. The summed E-state index contributed by atoms with van der Waals surface area (Å²) in [5.74, 6) is 0.797. The minimum Gasteiger partial charge on any atom is -0.453 e. The number of esters is 1. The number of nitrogens with zero attached hydrogens (tertiary/aromatic N) is 3. The van der Waals surface area contributed by atoms with Crippen molar-refractivity contribution in [2.75, 3.05) is 0 Å². The highest BCUT2D eigenvalue weighted by Gasteiger charge is 2.21. The Bertz CT molecular complexity index is 765. The summed E-state index contributed by atoms with van der Waals surface area (Å²) >= 11 is 0. The molecular formula is C18H21N3O5. The van der Waals surface area contributed by atoms with Crippen molar-refractivity contribution in [3.8, 4) is 11.5 Å². The third-order valence-electron chi connectivity index (χ3n) is 4.65. The fourth-order valence-electron chi connectivity index (χ4n) is 3.17. The Hall–Kier alpha value is -2.77. The summed E-state index contributed by atoms with van der Waals surface area (Å²) in [6.07, 6.45) is 5.54. The maximum Gasteiger partial charge on any atom is 0.306 e. The number of hydrogen-bond acceptors (Lipinski definition) is 7. The summed E-state index contributed by atoms with van der Waals surface area (Å²) in [6, 6.07) is 5.80. The van der Waals surface area contributed by atoms with E-state index < -0.39 is 11.0 Å². The molecule has 26 heavy (non-hydrogen) atoms. The summed E-state index contributed by atoms with van der Waals surface area (Å²) in [6.45, 7) is 1.68. The first-order valence-corrected chi connectivity index (χ1v) is 8.80. The lowest BCUT2D eigenvalue weighted by Gasteiger charge is -2.11. The van der Waals surface area contributed by atoms with E-state index in [0.29, 0.717) is 17.9 Å². The predicted molar refractivity (Wildman–Crippen MR) is 92.1 cm³/mol. The largest absolute Gasteiger partial charge is 0.453 e. The fraction of sp³-hybridized carbons (Fsp3) is 0.500. The maximum absolute atomic E-state index is 12.0. The molecule has 3 rings (SSSR count). The second kappa shape index (κ2) is 8.07. The van der Waals surface area contributed by atoms with Crippen molar-refractivity contribution in [1.29, 1.82) is 0 Å². The van der Waals surface area contributed by atoms with Gasteiger partial charge in [-0.2, -0.15) is 0 Å². The SMILES string of the molecule is C[C@H](OC(=O)CCC1CCCC1)c1nnc(-c2ccc([N+](=O)[O-])cc2)o1. The van der Waals surface area contributed by atoms with Gasteiger partial charge in [0.1, 0.15) is 0 Å². The number of nitro groups is 1. The first kappa shape index (κ1) is 18.0. The second-order valence-electron chi connectivity index (χ2n) is 6.57. The predicted octanol–water partition coefficient (Wildman–Crippen LogP) is 4.22. The molecule has 8 heteroatoms. The number of non-ortho nitro benzene ring substituents is 1. The minimum atomic E-state index is -0.634. The summed E-state index contributed by atoms with van der Waals surface area (Å²) < 4.78 is 10.9. The molecule has 0 aliphatic heterocycles. The molecule has 1 atom stereocenters. The number of aromatic nitrogens is 2. The van der Waals surface area contributed by atoms with Crippen LogP contribution >= 0.6 is 0 Å². The maximum atomic E-state index is 12.0. The quantitative estimate of drug-likeness (QED) is 0.413. The van der Waals surface area contributed by atoms with Crippen LogP contribution in [0.1, 0.15) is 57.4 Å². The molecular weight excluding hydrogens is 338 g/mol. The van der Waals surface area contributed by atoms with E-state index in [2.05, 4.69) is 10.2 Å². The smallest absolute Gasteiger partial charge is 0.306 e. The molecule has 1 aromatic carbocycles. The Kier molecular flexibility index (Phi) is 5.60. The Morgan fingerprint density at radius 3 is 2.65 bits per heavy atom. The van der Waals surface area contributed by atoms with Crippen LogP contribution in [0, 0.1) is 16.0 Å². The summed E-state index contributed by atoms with van der Waals surface area (Å²) in [5.41, 5.74) is 0.548. The molecule has 2 aromatic rings. The molecule has 1 fully saturated rings. The third-order valence-corrected chi connectivity index (χ3v) is 4.65. The molecule has 1 heterocycles. The van der Waals surface area contributed by atoms with Crippen LogP contribution in [0.3, 0.4) is 0 Å². The Labute approximate surface area is 150 Å². The normalized spacial score (nSPS) is 15.7. The molecule has 138 valence electrons. The highest BCUT2D eigenvalue weighted by molar-refractivity contribution is 5.69. The van der Waals surface area contributed by atoms with E-state index in [4.69, 9.17) is 9.15 Å². The molecule has 1 aliphatic rings. The Morgan fingerprint density at radius 1 is 1.31 bits per heavy atom. The zero-order valence-electron chi connectivity index (χ0n) is 14.6. The van der Waals surface area contributed by atoms with Crippen molar-refractivity contribution in [1.82, 2.24) is 10.2 Å². The van der Waals surface area contributed by atoms with Gasteiger partial charge in [0.2, 0.25) is 5.89 Å². The van der Waals surface area contributed by atoms with E-state index in [1.54, 1.807) is 6.92 Å². The van der Waals surface area contributed by atoms with Crippen LogP contribution < -0.4 is 0 Å². The molecule has 1 saturated carbocycles. The second-order valence-corrected chi connectivity index (χ2v) is 6.57. The molecule has 0 spiro atoms. The van der Waals surface area contributed by atoms with Gasteiger partial charge in [-0.25, -0.2) is 0 Å². The van der Waals surface area contributed by atoms with Crippen LogP contribution in [0.2, 0.25) is 0 Å². The van der Waals surface area contributed by atoms with Gasteiger partial charge in [0.15, 0.2) is 6.10 Å². The molecule has 1 aliphatic carbocycles. The molecule has 8 nitrogen and oxygen atoms in total. The van der Waals surface area contributed by atoms with Crippen molar-refractivity contribution in [2.24, 2.45) is 5.92 Å². The third kappa shape index (κ3) is 4.44. The van der Waals surface area contributed by atoms with Crippen LogP contribution in [-0.2, 0) is 9.53 Å². The molecule has 0 saturated heterocycles. The van der Waals surface area contributed by atoms with Crippen LogP contribution in [-0.4, -0.2) is 21.1 Å². The number of benzene rings is 1. The number of ether oxygens (including phenoxy) is 1. The number of nitro benzene ring substituents is 1. The van der Waals surface area contributed by atoms with Gasteiger partial charge in [0.05, 0.1) is 4.92 Å². The van der Waals surface area contributed by atoms with Crippen molar-refractivity contribution < 1.29 is 18.9 Å². The van der Waals surface area contributed by atoms with Crippen molar-refractivity contribution in [2.45, 2.75) is 51.6 Å². The average Bonchev–Trinajstić information content (AvgIpc) is 3.32. The summed E-state index contributed by atoms with van der Waals surface area (Å²) in [4.78, 5) is 22.2. The molecule has 0 bridgehead atoms. The van der Waals surface area contributed by atoms with Crippen LogP contribution in [0.15, 0.2) is 28.7 Å². The van der Waals surface area contributed by atoms with E-state index in [0.717, 1.165) is 6.42 Å². The van der Waals surface area contributed by atoms with Crippen molar-refractivity contribution in [3.63, 3.8) is 0 Å². The van der Waals surface area contributed by atoms with Gasteiger partial charge >= 0.3 is 5.97 Å². The van der Waals surface area contributed by atoms with Crippen LogP contribution in [0.4, 0.5) is 5.69 Å². The summed E-state index contributed by atoms with van der Waals surface area (Å²) in [5, 5.41) is 18.5. The number of carbonyl (C=O) groups is 1. The van der Waals surface area contributed by atoms with Gasteiger partial charge in [-0.3, -0.25) is 14.9 Å². The van der Waals surface area contributed by atoms with Gasteiger partial charge in [0.25, 0.3) is 11.6 Å². The van der Waals surface area contributed by atoms with E-state index >= 15 is 0 Å². The van der Waals surface area contributed by atoms with Gasteiger partial charge in [-0.15, -0.1) is 10.2 Å². The monoisotopic (exact) mass is 359 g/mol. The van der Waals surface area contributed by atoms with Gasteiger partial charge in [-0.05, 0) is 31.4 Å². The lowest BCUT2D eigenvalue weighted by atomic mass is 10.0. The first-order chi connectivity index (χ1) is 12.5. The fourth-order valence-corrected chi connectivity index (χ4v) is 3.17. The molecule has 0 unspecified atom stereocenters. The van der Waals surface area contributed by atoms with Crippen LogP contribution in [0.5, 0.6) is 0 Å². The summed E-state index contributed by atoms with van der Waals surface area (Å²) in [7, 11) is 0. The minimum absolute atomic E-state index is 0.0157. The molecule has 0 N–H and O–H groups in total. The zero-order chi connectivity index (χ0) is 18.5. The standard InChI is InChI=1S/C18H21N3O5/c1-12(25-16(22)11-6-13-4-2-3-5-13)17-19-20-18(26-17)14-7-9-15(10-8-14)21(23)24/h7-10,12-13H,2-6,11H2,1H3/t12-/m0/s1. The lowest BCUT2D eigenvalue weighted by Crippen LogP contribution is -2.10. The zero-order valence-corrected chi connectivity index (χ0v) is 14.6. The average molecular weight is 359 g/mol. The topological polar surface area (TPSA) is 108 Å². The van der Waals surface area contributed by atoms with Gasteiger partial charge in [0, 0.05) is 24.1 Å². The van der Waals surface area contributed by atoms with E-state index in [1.165, 1.54) is 49.9 Å². The molecule has 1 aromatic heterocycles. The lowest BCUT2D eigenvalue weighted by molar-refractivity contribution is -0.384. The highest BCUT2D eigenvalue weighted by Crippen LogP contribution is 2.29. The first-order valence-electron chi connectivity index (χ1n) is 8.80. The number of hydrogen-bond donors (Lipinski definition) is 0. The Balaban J connectivity index is 1.56. The number of carbonyl (C=O) groups excluding carboxylic acids is 1. The molecule has 0 radical (unpaired) electrons. The van der Waals surface area contributed by atoms with Crippen LogP contribution in [0.25, 0.3) is 11.5 Å². The van der Waals surface area contributed by atoms with E-state index in [1.807, 2.05) is 0 Å². The molecule has 0 amide bonds. The van der Waals surface area contributed by atoms with Gasteiger partial charge in [-0.1, -0.05) is 25.7 Å². The Morgan fingerprint density at radius 2 is 2.00 bits per heavy atom. The van der Waals surface area contributed by atoms with E-state index in [9.17, 15) is 14.9 Å². The van der Waals surface area contributed by atoms with Crippen molar-refractivity contribution in [3.05, 3.63) is 40.3 Å². The van der Waals surface area contributed by atoms with E-state index in [-0.39, 0.29) is 23.4 Å². The van der Waals surface area contributed by atoms with Gasteiger partial charge < -0.3 is 9.15 Å². The van der Waals surface area contributed by atoms with Crippen molar-refractivity contribution >= 4 is 11.7 Å². The highest BCUT2D eigenvalue weighted by atomic mass is 16.6.